The molecule has 1 heterocycles. The van der Waals surface area contributed by atoms with E-state index in [2.05, 4.69) is 10.3 Å². The number of carboxylic acid groups (broad SMARTS) is 1. The van der Waals surface area contributed by atoms with Crippen molar-refractivity contribution in [3.8, 4) is 0 Å². The van der Waals surface area contributed by atoms with Gasteiger partial charge in [-0.05, 0) is 30.7 Å². The van der Waals surface area contributed by atoms with Crippen molar-refractivity contribution in [2.45, 2.75) is 6.92 Å². The van der Waals surface area contributed by atoms with E-state index >= 15 is 0 Å². The molecule has 20 heavy (non-hydrogen) atoms. The summed E-state index contributed by atoms with van der Waals surface area (Å²) in [7, 11) is 0. The van der Waals surface area contributed by atoms with Gasteiger partial charge in [-0.1, -0.05) is 0 Å². The molecule has 1 aromatic heterocycles. The molecule has 0 saturated heterocycles. The minimum atomic E-state index is -1.15. The number of nitrogens with zero attached hydrogens (tertiary/aromatic N) is 2. The summed E-state index contributed by atoms with van der Waals surface area (Å²) in [6.45, 7) is 1.83. The number of nitro groups is 1. The number of carbonyl (C=O) groups is 1. The quantitative estimate of drug-likeness (QED) is 0.655. The summed E-state index contributed by atoms with van der Waals surface area (Å²) >= 11 is 0. The van der Waals surface area contributed by atoms with E-state index in [-0.39, 0.29) is 16.9 Å². The van der Waals surface area contributed by atoms with Crippen LogP contribution in [0.3, 0.4) is 0 Å². The van der Waals surface area contributed by atoms with Crippen molar-refractivity contribution in [3.63, 3.8) is 0 Å². The zero-order valence-corrected chi connectivity index (χ0v) is 10.5. The fourth-order valence-corrected chi connectivity index (χ4v) is 1.71. The first-order chi connectivity index (χ1) is 9.47. The van der Waals surface area contributed by atoms with Gasteiger partial charge in [0, 0.05) is 12.3 Å². The Bertz CT molecular complexity index is 685. The third-order valence-electron chi connectivity index (χ3n) is 2.59. The summed E-state index contributed by atoms with van der Waals surface area (Å²) in [5.41, 5.74) is 1.32. The van der Waals surface area contributed by atoms with E-state index in [4.69, 9.17) is 5.11 Å². The van der Waals surface area contributed by atoms with Crippen LogP contribution in [0.1, 0.15) is 15.9 Å². The maximum absolute atomic E-state index is 11.0. The number of hydrogen-bond acceptors (Lipinski definition) is 5. The Balaban J connectivity index is 2.44. The normalized spacial score (nSPS) is 10.1. The van der Waals surface area contributed by atoms with E-state index in [1.54, 1.807) is 12.3 Å². The lowest BCUT2D eigenvalue weighted by Crippen LogP contribution is -2.02. The number of aromatic nitrogens is 1. The second kappa shape index (κ2) is 5.35. The summed E-state index contributed by atoms with van der Waals surface area (Å²) in [4.78, 5) is 25.3. The Morgan fingerprint density at radius 3 is 2.70 bits per heavy atom. The third kappa shape index (κ3) is 2.89. The van der Waals surface area contributed by atoms with Gasteiger partial charge in [0.1, 0.15) is 5.69 Å². The first-order valence-corrected chi connectivity index (χ1v) is 5.68. The van der Waals surface area contributed by atoms with Crippen LogP contribution in [0.4, 0.5) is 17.1 Å². The summed E-state index contributed by atoms with van der Waals surface area (Å²) in [6, 6.07) is 5.34. The average Bonchev–Trinajstić information content (AvgIpc) is 2.38. The average molecular weight is 273 g/mol. The van der Waals surface area contributed by atoms with E-state index in [0.29, 0.717) is 5.69 Å². The number of anilines is 2. The Morgan fingerprint density at radius 1 is 1.35 bits per heavy atom. The van der Waals surface area contributed by atoms with E-state index in [1.165, 1.54) is 18.3 Å². The number of rotatable bonds is 4. The SMILES string of the molecule is Cc1cncc(Nc2cc(C(=O)O)ccc2[N+](=O)[O-])c1. The predicted octanol–water partition coefficient (Wildman–Crippen LogP) is 2.74. The Morgan fingerprint density at radius 2 is 2.10 bits per heavy atom. The molecule has 0 spiro atoms. The number of nitro benzene ring substituents is 1. The molecule has 0 atom stereocenters. The zero-order valence-electron chi connectivity index (χ0n) is 10.5. The van der Waals surface area contributed by atoms with Crippen molar-refractivity contribution in [1.29, 1.82) is 0 Å². The van der Waals surface area contributed by atoms with Crippen molar-refractivity contribution in [2.75, 3.05) is 5.32 Å². The van der Waals surface area contributed by atoms with E-state index in [0.717, 1.165) is 11.6 Å². The minimum Gasteiger partial charge on any atom is -0.478 e. The molecule has 0 unspecified atom stereocenters. The lowest BCUT2D eigenvalue weighted by atomic mass is 10.1. The highest BCUT2D eigenvalue weighted by Gasteiger charge is 2.16. The largest absolute Gasteiger partial charge is 0.478 e. The molecule has 0 fully saturated rings. The Kier molecular flexibility index (Phi) is 3.60. The second-order valence-corrected chi connectivity index (χ2v) is 4.17. The van der Waals surface area contributed by atoms with Crippen LogP contribution in [0.15, 0.2) is 36.7 Å². The van der Waals surface area contributed by atoms with E-state index in [1.807, 2.05) is 6.92 Å². The molecule has 0 amide bonds. The molecular formula is C13H11N3O4. The van der Waals surface area contributed by atoms with Crippen LogP contribution in [0, 0.1) is 17.0 Å². The van der Waals surface area contributed by atoms with Crippen LogP contribution < -0.4 is 5.32 Å². The van der Waals surface area contributed by atoms with Crippen molar-refractivity contribution in [1.82, 2.24) is 4.98 Å². The molecule has 0 bridgehead atoms. The number of benzene rings is 1. The van der Waals surface area contributed by atoms with Crippen LogP contribution >= 0.6 is 0 Å². The molecule has 2 N–H and O–H groups in total. The highest BCUT2D eigenvalue weighted by Crippen LogP contribution is 2.28. The Labute approximate surface area is 114 Å². The van der Waals surface area contributed by atoms with Gasteiger partial charge in [0.25, 0.3) is 5.69 Å². The minimum absolute atomic E-state index is 0.0290. The first-order valence-electron chi connectivity index (χ1n) is 5.68. The fourth-order valence-electron chi connectivity index (χ4n) is 1.71. The van der Waals surface area contributed by atoms with Gasteiger partial charge in [0.15, 0.2) is 0 Å². The highest BCUT2D eigenvalue weighted by atomic mass is 16.6. The third-order valence-corrected chi connectivity index (χ3v) is 2.59. The monoisotopic (exact) mass is 273 g/mol. The molecule has 7 nitrogen and oxygen atoms in total. The number of carboxylic acids is 1. The van der Waals surface area contributed by atoms with Gasteiger partial charge >= 0.3 is 5.97 Å². The van der Waals surface area contributed by atoms with Gasteiger partial charge in [-0.15, -0.1) is 0 Å². The van der Waals surface area contributed by atoms with Gasteiger partial charge in [0.05, 0.1) is 22.4 Å². The van der Waals surface area contributed by atoms with E-state index in [9.17, 15) is 14.9 Å². The van der Waals surface area contributed by atoms with Gasteiger partial charge in [-0.2, -0.15) is 0 Å². The lowest BCUT2D eigenvalue weighted by Gasteiger charge is -2.08. The van der Waals surface area contributed by atoms with Gasteiger partial charge in [-0.3, -0.25) is 15.1 Å². The number of pyridine rings is 1. The smallest absolute Gasteiger partial charge is 0.335 e. The standard InChI is InChI=1S/C13H11N3O4/c1-8-4-10(7-14-6-8)15-11-5-9(13(17)18)2-3-12(11)16(19)20/h2-7,15H,1H3,(H,17,18). The molecule has 1 aromatic carbocycles. The molecule has 2 aromatic rings. The molecule has 2 rings (SSSR count). The summed E-state index contributed by atoms with van der Waals surface area (Å²) in [5.74, 6) is -1.15. The highest BCUT2D eigenvalue weighted by molar-refractivity contribution is 5.90. The fraction of sp³-hybridized carbons (Fsp3) is 0.0769. The predicted molar refractivity (Wildman–Crippen MR) is 72.3 cm³/mol. The maximum Gasteiger partial charge on any atom is 0.335 e. The van der Waals surface area contributed by atoms with Crippen LogP contribution in [-0.4, -0.2) is 21.0 Å². The van der Waals surface area contributed by atoms with Crippen LogP contribution in [0.2, 0.25) is 0 Å². The lowest BCUT2D eigenvalue weighted by molar-refractivity contribution is -0.383. The number of aryl methyl sites for hydroxylation is 1. The number of nitrogens with one attached hydrogen (secondary N) is 1. The van der Waals surface area contributed by atoms with Crippen LogP contribution in [0.25, 0.3) is 0 Å². The van der Waals surface area contributed by atoms with Crippen molar-refractivity contribution in [2.24, 2.45) is 0 Å². The summed E-state index contributed by atoms with van der Waals surface area (Å²) < 4.78 is 0. The Hall–Kier alpha value is -2.96. The molecule has 0 aliphatic heterocycles. The molecular weight excluding hydrogens is 262 g/mol. The molecule has 102 valence electrons. The van der Waals surface area contributed by atoms with Gasteiger partial charge < -0.3 is 10.4 Å². The summed E-state index contributed by atoms with van der Waals surface area (Å²) in [5, 5.41) is 22.7. The van der Waals surface area contributed by atoms with Crippen LogP contribution in [0.5, 0.6) is 0 Å². The van der Waals surface area contributed by atoms with Gasteiger partial charge in [-0.25, -0.2) is 4.79 Å². The molecule has 7 heteroatoms. The second-order valence-electron chi connectivity index (χ2n) is 4.17. The molecule has 0 aliphatic rings. The summed E-state index contributed by atoms with van der Waals surface area (Å²) in [6.07, 6.45) is 3.15. The topological polar surface area (TPSA) is 105 Å². The molecule has 0 aliphatic carbocycles. The first kappa shape index (κ1) is 13.5. The zero-order chi connectivity index (χ0) is 14.7. The van der Waals surface area contributed by atoms with Crippen molar-refractivity contribution >= 4 is 23.0 Å². The number of hydrogen-bond donors (Lipinski definition) is 2. The van der Waals surface area contributed by atoms with Gasteiger partial charge in [0.2, 0.25) is 0 Å². The van der Waals surface area contributed by atoms with Crippen molar-refractivity contribution in [3.05, 3.63) is 57.9 Å². The molecule has 0 radical (unpaired) electrons. The van der Waals surface area contributed by atoms with Crippen LogP contribution in [-0.2, 0) is 0 Å². The molecule has 0 saturated carbocycles. The van der Waals surface area contributed by atoms with Crippen molar-refractivity contribution < 1.29 is 14.8 Å². The number of aromatic carboxylic acids is 1. The maximum atomic E-state index is 11.0. The van der Waals surface area contributed by atoms with E-state index < -0.39 is 10.9 Å².